The fourth-order valence-corrected chi connectivity index (χ4v) is 3.98. The molecule has 31 heavy (non-hydrogen) atoms. The lowest BCUT2D eigenvalue weighted by atomic mass is 9.89. The Morgan fingerprint density at radius 1 is 1.13 bits per heavy atom. The second-order valence-corrected chi connectivity index (χ2v) is 7.85. The number of halogens is 4. The molecule has 3 heterocycles. The molecule has 0 bridgehead atoms. The number of hydrogen-bond acceptors (Lipinski definition) is 5. The summed E-state index contributed by atoms with van der Waals surface area (Å²) in [6.07, 6.45) is -1.39. The van der Waals surface area contributed by atoms with Crippen LogP contribution in [-0.4, -0.2) is 29.0 Å². The Morgan fingerprint density at radius 3 is 2.45 bits per heavy atom. The molecule has 1 aromatic carbocycles. The fraction of sp³-hybridized carbons (Fsp3) is 0.286. The average molecular weight is 495 g/mol. The second-order valence-electron chi connectivity index (χ2n) is 7.17. The molecular weight excluding hydrogens is 477 g/mol. The molecule has 10 heteroatoms. The number of pyridine rings is 1. The van der Waals surface area contributed by atoms with E-state index in [4.69, 9.17) is 4.42 Å². The zero-order chi connectivity index (χ0) is 22.0. The Bertz CT molecular complexity index is 1050. The summed E-state index contributed by atoms with van der Waals surface area (Å²) in [7, 11) is 0. The number of benzene rings is 1. The van der Waals surface area contributed by atoms with Crippen LogP contribution >= 0.6 is 15.9 Å². The quantitative estimate of drug-likeness (QED) is 0.519. The molecule has 4 rings (SSSR count). The monoisotopic (exact) mass is 494 g/mol. The Hall–Kier alpha value is -2.88. The summed E-state index contributed by atoms with van der Waals surface area (Å²) in [6.45, 7) is 1.69. The summed E-state index contributed by atoms with van der Waals surface area (Å²) < 4.78 is 43.8. The number of amides is 1. The molecule has 0 spiro atoms. The molecular formula is C21H18BrF3N4O2. The maximum Gasteiger partial charge on any atom is 0.437 e. The number of anilines is 2. The van der Waals surface area contributed by atoms with Gasteiger partial charge in [-0.1, -0.05) is 30.3 Å². The number of rotatable bonds is 4. The third kappa shape index (κ3) is 4.90. The highest BCUT2D eigenvalue weighted by Crippen LogP contribution is 2.34. The van der Waals surface area contributed by atoms with Crippen molar-refractivity contribution >= 4 is 33.3 Å². The van der Waals surface area contributed by atoms with Gasteiger partial charge in [0, 0.05) is 29.0 Å². The first kappa shape index (κ1) is 21.4. The largest absolute Gasteiger partial charge is 0.437 e. The van der Waals surface area contributed by atoms with Gasteiger partial charge in [0.2, 0.25) is 5.76 Å². The van der Waals surface area contributed by atoms with E-state index in [1.165, 1.54) is 11.8 Å². The molecule has 0 unspecified atom stereocenters. The number of oxazole rings is 1. The van der Waals surface area contributed by atoms with Gasteiger partial charge in [0.05, 0.1) is 11.9 Å². The lowest BCUT2D eigenvalue weighted by Gasteiger charge is -2.33. The molecule has 1 N–H and O–H groups in total. The van der Waals surface area contributed by atoms with Crippen molar-refractivity contribution in [1.29, 1.82) is 0 Å². The van der Waals surface area contributed by atoms with Crippen LogP contribution in [0.2, 0.25) is 0 Å². The van der Waals surface area contributed by atoms with Crippen LogP contribution in [-0.2, 0) is 6.18 Å². The number of nitrogens with zero attached hydrogens (tertiary/aromatic N) is 3. The number of alkyl halides is 3. The van der Waals surface area contributed by atoms with Crippen LogP contribution in [0.3, 0.4) is 0 Å². The van der Waals surface area contributed by atoms with Crippen LogP contribution in [0.1, 0.15) is 40.6 Å². The molecule has 1 saturated heterocycles. The number of carbonyl (C=O) groups is 1. The average Bonchev–Trinajstić information content (AvgIpc) is 3.18. The number of piperidine rings is 1. The van der Waals surface area contributed by atoms with Crippen molar-refractivity contribution < 1.29 is 22.4 Å². The van der Waals surface area contributed by atoms with Crippen molar-refractivity contribution in [2.75, 3.05) is 23.3 Å². The number of nitrogens with one attached hydrogen (secondary N) is 1. The summed E-state index contributed by atoms with van der Waals surface area (Å²) in [4.78, 5) is 21.5. The highest BCUT2D eigenvalue weighted by molar-refractivity contribution is 9.10. The number of aromatic nitrogens is 2. The van der Waals surface area contributed by atoms with Gasteiger partial charge in [0.1, 0.15) is 5.82 Å². The van der Waals surface area contributed by atoms with Gasteiger partial charge in [-0.3, -0.25) is 4.79 Å². The van der Waals surface area contributed by atoms with E-state index in [-0.39, 0.29) is 5.69 Å². The molecule has 1 aliphatic heterocycles. The van der Waals surface area contributed by atoms with Gasteiger partial charge in [-0.05, 0) is 36.5 Å². The summed E-state index contributed by atoms with van der Waals surface area (Å²) in [5, 5.41) is 2.37. The predicted molar refractivity (Wildman–Crippen MR) is 112 cm³/mol. The summed E-state index contributed by atoms with van der Waals surface area (Å²) >= 11 is 2.73. The maximum atomic E-state index is 13.0. The topological polar surface area (TPSA) is 71.3 Å². The lowest BCUT2D eigenvalue weighted by Crippen LogP contribution is -2.33. The summed E-state index contributed by atoms with van der Waals surface area (Å²) in [5.74, 6) is -0.696. The molecule has 3 aromatic rings. The predicted octanol–water partition coefficient (Wildman–Crippen LogP) is 5.49. The first-order valence-electron chi connectivity index (χ1n) is 9.62. The third-order valence-corrected chi connectivity index (χ3v) is 5.51. The first-order valence-corrected chi connectivity index (χ1v) is 10.4. The van der Waals surface area contributed by atoms with Crippen LogP contribution in [0.4, 0.5) is 24.7 Å². The van der Waals surface area contributed by atoms with E-state index in [1.807, 2.05) is 18.2 Å². The third-order valence-electron chi connectivity index (χ3n) is 5.17. The molecule has 0 saturated carbocycles. The molecule has 0 radical (unpaired) electrons. The molecule has 1 fully saturated rings. The van der Waals surface area contributed by atoms with Crippen LogP contribution in [0, 0.1) is 0 Å². The smallest absolute Gasteiger partial charge is 0.425 e. The Labute approximate surface area is 184 Å². The number of hydrogen-bond donors (Lipinski definition) is 1. The molecule has 1 amide bonds. The van der Waals surface area contributed by atoms with Gasteiger partial charge >= 0.3 is 6.18 Å². The molecule has 6 nitrogen and oxygen atoms in total. The van der Waals surface area contributed by atoms with Crippen molar-refractivity contribution in [2.24, 2.45) is 0 Å². The Kier molecular flexibility index (Phi) is 5.99. The van der Waals surface area contributed by atoms with Crippen LogP contribution in [0.5, 0.6) is 0 Å². The van der Waals surface area contributed by atoms with Crippen molar-refractivity contribution in [2.45, 2.75) is 24.9 Å². The molecule has 162 valence electrons. The van der Waals surface area contributed by atoms with Crippen molar-refractivity contribution in [3.05, 3.63) is 70.5 Å². The highest BCUT2D eigenvalue weighted by atomic mass is 79.9. The van der Waals surface area contributed by atoms with E-state index in [0.29, 0.717) is 5.92 Å². The first-order chi connectivity index (χ1) is 14.8. The van der Waals surface area contributed by atoms with Crippen molar-refractivity contribution in [3.8, 4) is 0 Å². The minimum Gasteiger partial charge on any atom is -0.425 e. The fourth-order valence-electron chi connectivity index (χ4n) is 3.64. The highest BCUT2D eigenvalue weighted by Gasteiger charge is 2.41. The molecule has 0 aliphatic carbocycles. The van der Waals surface area contributed by atoms with Gasteiger partial charge in [0.25, 0.3) is 10.7 Å². The van der Waals surface area contributed by atoms with E-state index in [0.717, 1.165) is 31.7 Å². The van der Waals surface area contributed by atoms with Gasteiger partial charge in [0.15, 0.2) is 5.69 Å². The van der Waals surface area contributed by atoms with Gasteiger partial charge in [-0.25, -0.2) is 4.98 Å². The zero-order valence-corrected chi connectivity index (χ0v) is 17.8. The van der Waals surface area contributed by atoms with Crippen LogP contribution in [0.15, 0.2) is 57.9 Å². The second kappa shape index (κ2) is 8.70. The van der Waals surface area contributed by atoms with E-state index < -0.39 is 28.3 Å². The summed E-state index contributed by atoms with van der Waals surface area (Å²) in [5.41, 5.74) is 0.210. The van der Waals surface area contributed by atoms with E-state index in [2.05, 4.69) is 48.2 Å². The summed E-state index contributed by atoms with van der Waals surface area (Å²) in [6, 6.07) is 13.7. The normalized spacial score (nSPS) is 15.2. The van der Waals surface area contributed by atoms with E-state index in [1.54, 1.807) is 12.1 Å². The Morgan fingerprint density at radius 2 is 1.84 bits per heavy atom. The van der Waals surface area contributed by atoms with Crippen molar-refractivity contribution in [3.63, 3.8) is 0 Å². The minimum atomic E-state index is -4.81. The molecule has 2 aromatic heterocycles. The maximum absolute atomic E-state index is 13.0. The van der Waals surface area contributed by atoms with Gasteiger partial charge < -0.3 is 14.6 Å². The SMILES string of the molecule is O=C(Nc1ccc(N2CCC(c3ccccc3)CC2)nc1)c1oc(Br)nc1C(F)(F)F. The lowest BCUT2D eigenvalue weighted by molar-refractivity contribution is -0.141. The standard InChI is InChI=1S/C21H18BrF3N4O2/c22-20-28-18(21(23,24)25)17(31-20)19(30)27-15-6-7-16(26-12-15)29-10-8-14(9-11-29)13-4-2-1-3-5-13/h1-7,12,14H,8-11H2,(H,27,30). The van der Waals surface area contributed by atoms with Gasteiger partial charge in [-0.15, -0.1) is 0 Å². The molecule has 0 atom stereocenters. The minimum absolute atomic E-state index is 0.258. The van der Waals surface area contributed by atoms with Crippen LogP contribution < -0.4 is 10.2 Å². The number of carbonyl (C=O) groups excluding carboxylic acids is 1. The van der Waals surface area contributed by atoms with Crippen molar-refractivity contribution in [1.82, 2.24) is 9.97 Å². The van der Waals surface area contributed by atoms with E-state index >= 15 is 0 Å². The van der Waals surface area contributed by atoms with Gasteiger partial charge in [-0.2, -0.15) is 18.2 Å². The Balaban J connectivity index is 1.39. The zero-order valence-electron chi connectivity index (χ0n) is 16.2. The van der Waals surface area contributed by atoms with Crippen LogP contribution in [0.25, 0.3) is 0 Å². The molecule has 1 aliphatic rings. The van der Waals surface area contributed by atoms with E-state index in [9.17, 15) is 18.0 Å².